The zero-order chi connectivity index (χ0) is 15.8. The second kappa shape index (κ2) is 9.22. The quantitative estimate of drug-likeness (QED) is 0.675. The van der Waals surface area contributed by atoms with Crippen LogP contribution < -0.4 is 5.32 Å². The molecule has 0 aromatic heterocycles. The molecule has 0 heterocycles. The van der Waals surface area contributed by atoms with Crippen LogP contribution in [0.3, 0.4) is 0 Å². The maximum atomic E-state index is 3.51. The number of unbranched alkanes of at least 4 members (excludes halogenated alkanes) is 2. The van der Waals surface area contributed by atoms with Crippen LogP contribution in [0, 0.1) is 13.8 Å². The van der Waals surface area contributed by atoms with Crippen LogP contribution in [-0.2, 0) is 0 Å². The average molecular weight is 290 g/mol. The molecule has 0 radical (unpaired) electrons. The van der Waals surface area contributed by atoms with E-state index in [4.69, 9.17) is 0 Å². The van der Waals surface area contributed by atoms with Crippen LogP contribution in [0.25, 0.3) is 0 Å². The Balaban J connectivity index is 2.77. The lowest BCUT2D eigenvalue weighted by molar-refractivity contribution is 0.196. The van der Waals surface area contributed by atoms with Crippen molar-refractivity contribution in [1.29, 1.82) is 0 Å². The SMILES string of the molecule is CCCCCN(CC(NC)c1ccc(C)cc1C)C(C)C. The van der Waals surface area contributed by atoms with E-state index in [-0.39, 0.29) is 0 Å². The van der Waals surface area contributed by atoms with Gasteiger partial charge in [0.15, 0.2) is 0 Å². The summed E-state index contributed by atoms with van der Waals surface area (Å²) in [4.78, 5) is 2.61. The van der Waals surface area contributed by atoms with Gasteiger partial charge < -0.3 is 5.32 Å². The maximum Gasteiger partial charge on any atom is 0.0449 e. The summed E-state index contributed by atoms with van der Waals surface area (Å²) in [7, 11) is 2.08. The molecule has 1 atom stereocenters. The highest BCUT2D eigenvalue weighted by molar-refractivity contribution is 5.33. The Bertz CT molecular complexity index is 412. The number of nitrogens with zero attached hydrogens (tertiary/aromatic N) is 1. The molecular formula is C19H34N2. The van der Waals surface area contributed by atoms with Crippen molar-refractivity contribution in [2.24, 2.45) is 0 Å². The van der Waals surface area contributed by atoms with Crippen LogP contribution in [0.15, 0.2) is 18.2 Å². The number of likely N-dealkylation sites (N-methyl/N-ethyl adjacent to an activating group) is 1. The second-order valence-electron chi connectivity index (χ2n) is 6.50. The molecule has 21 heavy (non-hydrogen) atoms. The molecule has 0 spiro atoms. The first kappa shape index (κ1) is 18.2. The largest absolute Gasteiger partial charge is 0.312 e. The Morgan fingerprint density at radius 3 is 2.38 bits per heavy atom. The fourth-order valence-corrected chi connectivity index (χ4v) is 2.92. The molecule has 1 rings (SSSR count). The third kappa shape index (κ3) is 5.80. The van der Waals surface area contributed by atoms with E-state index >= 15 is 0 Å². The van der Waals surface area contributed by atoms with Crippen LogP contribution in [0.2, 0.25) is 0 Å². The average Bonchev–Trinajstić information content (AvgIpc) is 2.43. The molecule has 0 amide bonds. The molecule has 0 aliphatic rings. The first-order chi connectivity index (χ1) is 9.99. The van der Waals surface area contributed by atoms with E-state index in [9.17, 15) is 0 Å². The van der Waals surface area contributed by atoms with Gasteiger partial charge in [-0.15, -0.1) is 0 Å². The Morgan fingerprint density at radius 2 is 1.86 bits per heavy atom. The van der Waals surface area contributed by atoms with Crippen molar-refractivity contribution in [3.63, 3.8) is 0 Å². The molecular weight excluding hydrogens is 256 g/mol. The summed E-state index contributed by atoms with van der Waals surface area (Å²) in [6, 6.07) is 7.81. The lowest BCUT2D eigenvalue weighted by Gasteiger charge is -2.31. The summed E-state index contributed by atoms with van der Waals surface area (Å²) in [6.45, 7) is 13.6. The van der Waals surface area contributed by atoms with Gasteiger partial charge >= 0.3 is 0 Å². The number of hydrogen-bond donors (Lipinski definition) is 1. The van der Waals surface area contributed by atoms with Crippen LogP contribution in [-0.4, -0.2) is 31.1 Å². The fourth-order valence-electron chi connectivity index (χ4n) is 2.92. The highest BCUT2D eigenvalue weighted by Crippen LogP contribution is 2.21. The Labute approximate surface area is 131 Å². The zero-order valence-electron chi connectivity index (χ0n) is 14.9. The zero-order valence-corrected chi connectivity index (χ0v) is 14.9. The molecule has 2 nitrogen and oxygen atoms in total. The van der Waals surface area contributed by atoms with Crippen LogP contribution in [0.1, 0.15) is 62.8 Å². The van der Waals surface area contributed by atoms with E-state index in [1.165, 1.54) is 42.5 Å². The minimum atomic E-state index is 0.412. The van der Waals surface area contributed by atoms with E-state index in [1.807, 2.05) is 0 Å². The third-order valence-electron chi connectivity index (χ3n) is 4.35. The normalized spacial score (nSPS) is 13.1. The fraction of sp³-hybridized carbons (Fsp3) is 0.684. The van der Waals surface area contributed by atoms with Gasteiger partial charge in [-0.2, -0.15) is 0 Å². The minimum Gasteiger partial charge on any atom is -0.312 e. The predicted molar refractivity (Wildman–Crippen MR) is 94.0 cm³/mol. The first-order valence-corrected chi connectivity index (χ1v) is 8.48. The van der Waals surface area contributed by atoms with Gasteiger partial charge in [0.05, 0.1) is 0 Å². The van der Waals surface area contributed by atoms with E-state index in [2.05, 4.69) is 70.1 Å². The standard InChI is InChI=1S/C19H34N2/c1-7-8-9-12-21(15(2)3)14-19(20-6)18-11-10-16(4)13-17(18)5/h10-11,13,15,19-20H,7-9,12,14H2,1-6H3. The van der Waals surface area contributed by atoms with Crippen molar-refractivity contribution in [2.75, 3.05) is 20.1 Å². The second-order valence-corrected chi connectivity index (χ2v) is 6.50. The van der Waals surface area contributed by atoms with Gasteiger partial charge in [-0.05, 0) is 58.8 Å². The summed E-state index contributed by atoms with van der Waals surface area (Å²) in [5, 5.41) is 3.51. The van der Waals surface area contributed by atoms with E-state index in [1.54, 1.807) is 0 Å². The molecule has 2 heteroatoms. The van der Waals surface area contributed by atoms with Crippen LogP contribution in [0.4, 0.5) is 0 Å². The van der Waals surface area contributed by atoms with Gasteiger partial charge in [0.1, 0.15) is 0 Å². The highest BCUT2D eigenvalue weighted by Gasteiger charge is 2.18. The molecule has 0 saturated heterocycles. The van der Waals surface area contributed by atoms with Crippen molar-refractivity contribution < 1.29 is 0 Å². The monoisotopic (exact) mass is 290 g/mol. The van der Waals surface area contributed by atoms with Crippen molar-refractivity contribution in [1.82, 2.24) is 10.2 Å². The minimum absolute atomic E-state index is 0.412. The van der Waals surface area contributed by atoms with E-state index in [0.29, 0.717) is 12.1 Å². The van der Waals surface area contributed by atoms with E-state index < -0.39 is 0 Å². The topological polar surface area (TPSA) is 15.3 Å². The number of aryl methyl sites for hydroxylation is 2. The molecule has 1 aromatic rings. The summed E-state index contributed by atoms with van der Waals surface area (Å²) in [6.07, 6.45) is 3.92. The molecule has 0 bridgehead atoms. The molecule has 0 fully saturated rings. The van der Waals surface area contributed by atoms with Crippen LogP contribution in [0.5, 0.6) is 0 Å². The molecule has 0 aliphatic carbocycles. The van der Waals surface area contributed by atoms with Gasteiger partial charge in [0, 0.05) is 18.6 Å². The Hall–Kier alpha value is -0.860. The predicted octanol–water partition coefficient (Wildman–Crippen LogP) is 4.46. The van der Waals surface area contributed by atoms with Crippen molar-refractivity contribution >= 4 is 0 Å². The number of nitrogens with one attached hydrogen (secondary N) is 1. The van der Waals surface area contributed by atoms with Crippen molar-refractivity contribution in [2.45, 2.75) is 66.0 Å². The molecule has 1 aromatic carbocycles. The maximum absolute atomic E-state index is 3.51. The molecule has 0 saturated carbocycles. The molecule has 1 N–H and O–H groups in total. The van der Waals surface area contributed by atoms with Crippen LogP contribution >= 0.6 is 0 Å². The van der Waals surface area contributed by atoms with E-state index in [0.717, 1.165) is 6.54 Å². The van der Waals surface area contributed by atoms with Gasteiger partial charge in [-0.1, -0.05) is 43.5 Å². The molecule has 120 valence electrons. The van der Waals surface area contributed by atoms with Crippen molar-refractivity contribution in [3.05, 3.63) is 34.9 Å². The highest BCUT2D eigenvalue weighted by atomic mass is 15.2. The van der Waals surface area contributed by atoms with Gasteiger partial charge in [-0.25, -0.2) is 0 Å². The van der Waals surface area contributed by atoms with Gasteiger partial charge in [-0.3, -0.25) is 4.90 Å². The summed E-state index contributed by atoms with van der Waals surface area (Å²) in [5.41, 5.74) is 4.17. The molecule has 0 aliphatic heterocycles. The summed E-state index contributed by atoms with van der Waals surface area (Å²) < 4.78 is 0. The van der Waals surface area contributed by atoms with Crippen molar-refractivity contribution in [3.8, 4) is 0 Å². The number of hydrogen-bond acceptors (Lipinski definition) is 2. The van der Waals surface area contributed by atoms with Gasteiger partial charge in [0.25, 0.3) is 0 Å². The molecule has 1 unspecified atom stereocenters. The summed E-state index contributed by atoms with van der Waals surface area (Å²) >= 11 is 0. The van der Waals surface area contributed by atoms with Gasteiger partial charge in [0.2, 0.25) is 0 Å². The lowest BCUT2D eigenvalue weighted by Crippen LogP contribution is -2.39. The first-order valence-electron chi connectivity index (χ1n) is 8.48. The summed E-state index contributed by atoms with van der Waals surface area (Å²) in [5.74, 6) is 0. The number of benzene rings is 1. The lowest BCUT2D eigenvalue weighted by atomic mass is 9.98. The third-order valence-corrected chi connectivity index (χ3v) is 4.35. The Morgan fingerprint density at radius 1 is 1.14 bits per heavy atom. The number of rotatable bonds is 9. The smallest absolute Gasteiger partial charge is 0.0449 e. The Kier molecular flexibility index (Phi) is 7.98.